The van der Waals surface area contributed by atoms with Gasteiger partial charge in [0.15, 0.2) is 5.41 Å². The van der Waals surface area contributed by atoms with Crippen LogP contribution in [-0.4, -0.2) is 19.0 Å². The zero-order valence-electron chi connectivity index (χ0n) is 6.59. The van der Waals surface area contributed by atoms with Crippen molar-refractivity contribution in [1.29, 1.82) is 0 Å². The quantitative estimate of drug-likeness (QED) is 0.416. The van der Waals surface area contributed by atoms with Gasteiger partial charge in [-0.3, -0.25) is 9.59 Å². The van der Waals surface area contributed by atoms with Crippen LogP contribution in [0.15, 0.2) is 0 Å². The van der Waals surface area contributed by atoms with E-state index < -0.39 is 24.5 Å². The number of hydrogen-bond donors (Lipinski definition) is 0. The minimum absolute atomic E-state index is 0.247. The fourth-order valence-electron chi connectivity index (χ4n) is 1.52. The lowest BCUT2D eigenvalue weighted by atomic mass is 9.67. The minimum Gasteiger partial charge on any atom is -0.600 e. The van der Waals surface area contributed by atoms with E-state index in [0.717, 1.165) is 0 Å². The van der Waals surface area contributed by atoms with E-state index in [4.69, 9.17) is 0 Å². The first-order valence-electron chi connectivity index (χ1n) is 3.93. The maximum Gasteiger partial charge on any atom is 0.729 e. The predicted molar refractivity (Wildman–Crippen MR) is 36.4 cm³/mol. The molecule has 4 nitrogen and oxygen atoms in total. The van der Waals surface area contributed by atoms with Gasteiger partial charge in [0.2, 0.25) is 0 Å². The first-order valence-corrected chi connectivity index (χ1v) is 3.93. The third-order valence-corrected chi connectivity index (χ3v) is 2.48. The van der Waals surface area contributed by atoms with Gasteiger partial charge < -0.3 is 17.9 Å². The van der Waals surface area contributed by atoms with Crippen molar-refractivity contribution in [2.24, 2.45) is 5.41 Å². The van der Waals surface area contributed by atoms with Crippen LogP contribution in [-0.2, 0) is 18.9 Å². The smallest absolute Gasteiger partial charge is 0.600 e. The third-order valence-electron chi connectivity index (χ3n) is 2.48. The number of halogens is 2. The molecule has 2 rings (SSSR count). The van der Waals surface area contributed by atoms with Gasteiger partial charge >= 0.3 is 7.11 Å². The Kier molecular flexibility index (Phi) is 1.44. The molecule has 0 atom stereocenters. The molecule has 72 valence electrons. The SMILES string of the molecule is O=C1O[B-](F)(F)OC(=O)C12CCC2. The Hall–Kier alpha value is -1.14. The molecule has 0 aromatic rings. The molecule has 1 aliphatic heterocycles. The summed E-state index contributed by atoms with van der Waals surface area (Å²) in [6, 6.07) is 0. The van der Waals surface area contributed by atoms with E-state index >= 15 is 0 Å². The van der Waals surface area contributed by atoms with Crippen molar-refractivity contribution in [3.05, 3.63) is 0 Å². The molecule has 0 N–H and O–H groups in total. The second-order valence-corrected chi connectivity index (χ2v) is 3.28. The number of carbonyl (C=O) groups is 2. The molecule has 1 aliphatic carbocycles. The molecule has 1 saturated heterocycles. The van der Waals surface area contributed by atoms with E-state index in [2.05, 4.69) is 9.31 Å². The summed E-state index contributed by atoms with van der Waals surface area (Å²) >= 11 is 0. The first-order chi connectivity index (χ1) is 5.96. The summed E-state index contributed by atoms with van der Waals surface area (Å²) in [6.07, 6.45) is 1.15. The Labute approximate surface area is 72.3 Å². The van der Waals surface area contributed by atoms with E-state index in [1.807, 2.05) is 0 Å². The van der Waals surface area contributed by atoms with Gasteiger partial charge in [-0.15, -0.1) is 0 Å². The predicted octanol–water partition coefficient (Wildman–Crippen LogP) is 0.631. The highest BCUT2D eigenvalue weighted by Crippen LogP contribution is 2.46. The van der Waals surface area contributed by atoms with Crippen LogP contribution in [0.2, 0.25) is 0 Å². The van der Waals surface area contributed by atoms with E-state index in [0.29, 0.717) is 6.42 Å². The third kappa shape index (κ3) is 1.02. The molecular weight excluding hydrogens is 185 g/mol. The lowest BCUT2D eigenvalue weighted by Crippen LogP contribution is -2.58. The first kappa shape index (κ1) is 8.46. The zero-order chi connectivity index (χ0) is 9.69. The molecule has 0 unspecified atom stereocenters. The van der Waals surface area contributed by atoms with Gasteiger partial charge in [-0.2, -0.15) is 0 Å². The molecule has 13 heavy (non-hydrogen) atoms. The van der Waals surface area contributed by atoms with Crippen molar-refractivity contribution in [3.63, 3.8) is 0 Å². The van der Waals surface area contributed by atoms with Crippen molar-refractivity contribution >= 4 is 19.0 Å². The summed E-state index contributed by atoms with van der Waals surface area (Å²) in [7, 11) is -4.72. The Balaban J connectivity index is 2.26. The average molecular weight is 191 g/mol. The Morgan fingerprint density at radius 2 is 1.62 bits per heavy atom. The standard InChI is InChI=1S/C6H6BF2O4/c8-7(9)12-4(10)6(2-1-3-6)5(11)13-7/h1-3H2/q-1. The number of hydrogen-bond acceptors (Lipinski definition) is 4. The summed E-state index contributed by atoms with van der Waals surface area (Å²) in [5, 5.41) is 0. The van der Waals surface area contributed by atoms with Crippen molar-refractivity contribution < 1.29 is 27.5 Å². The Bertz CT molecular complexity index is 264. The molecule has 0 bridgehead atoms. The molecule has 0 aromatic heterocycles. The molecule has 2 aliphatic rings. The van der Waals surface area contributed by atoms with Crippen molar-refractivity contribution in [2.45, 2.75) is 19.3 Å². The summed E-state index contributed by atoms with van der Waals surface area (Å²) in [6.45, 7) is 0. The van der Waals surface area contributed by atoms with Crippen LogP contribution in [0.1, 0.15) is 19.3 Å². The molecule has 2 fully saturated rings. The van der Waals surface area contributed by atoms with Crippen LogP contribution >= 0.6 is 0 Å². The fraction of sp³-hybridized carbons (Fsp3) is 0.667. The Morgan fingerprint density at radius 3 is 1.92 bits per heavy atom. The highest BCUT2D eigenvalue weighted by atomic mass is 19.3. The molecule has 0 aromatic carbocycles. The van der Waals surface area contributed by atoms with E-state index in [1.165, 1.54) is 0 Å². The van der Waals surface area contributed by atoms with Gasteiger partial charge in [-0.25, -0.2) is 0 Å². The van der Waals surface area contributed by atoms with Gasteiger partial charge in [0.25, 0.3) is 11.9 Å². The van der Waals surface area contributed by atoms with Gasteiger partial charge in [-0.1, -0.05) is 0 Å². The van der Waals surface area contributed by atoms with Crippen LogP contribution in [0, 0.1) is 5.41 Å². The summed E-state index contributed by atoms with van der Waals surface area (Å²) < 4.78 is 32.3. The van der Waals surface area contributed by atoms with Crippen molar-refractivity contribution in [1.82, 2.24) is 0 Å². The minimum atomic E-state index is -4.72. The van der Waals surface area contributed by atoms with E-state index in [-0.39, 0.29) is 12.8 Å². The molecular formula is C6H6BF2O4-. The van der Waals surface area contributed by atoms with Crippen LogP contribution in [0.25, 0.3) is 0 Å². The lowest BCUT2D eigenvalue weighted by Gasteiger charge is -2.46. The molecule has 7 heteroatoms. The second-order valence-electron chi connectivity index (χ2n) is 3.28. The molecule has 0 amide bonds. The summed E-state index contributed by atoms with van der Waals surface area (Å²) in [4.78, 5) is 22.1. The molecule has 1 saturated carbocycles. The zero-order valence-corrected chi connectivity index (χ0v) is 6.59. The van der Waals surface area contributed by atoms with E-state index in [1.54, 1.807) is 0 Å². The summed E-state index contributed by atoms with van der Waals surface area (Å²) in [5.41, 5.74) is -1.41. The normalized spacial score (nSPS) is 29.1. The fourth-order valence-corrected chi connectivity index (χ4v) is 1.52. The van der Waals surface area contributed by atoms with Crippen LogP contribution < -0.4 is 0 Å². The maximum atomic E-state index is 12.4. The summed E-state index contributed by atoms with van der Waals surface area (Å²) in [5.74, 6) is -2.28. The largest absolute Gasteiger partial charge is 0.729 e. The number of rotatable bonds is 0. The highest BCUT2D eigenvalue weighted by molar-refractivity contribution is 6.58. The lowest BCUT2D eigenvalue weighted by molar-refractivity contribution is -0.183. The van der Waals surface area contributed by atoms with Crippen LogP contribution in [0.5, 0.6) is 0 Å². The van der Waals surface area contributed by atoms with Gasteiger partial charge in [0.05, 0.1) is 0 Å². The van der Waals surface area contributed by atoms with E-state index in [9.17, 15) is 18.2 Å². The van der Waals surface area contributed by atoms with Crippen LogP contribution in [0.3, 0.4) is 0 Å². The second kappa shape index (κ2) is 2.21. The van der Waals surface area contributed by atoms with Crippen LogP contribution in [0.4, 0.5) is 8.63 Å². The van der Waals surface area contributed by atoms with Gasteiger partial charge in [-0.05, 0) is 19.3 Å². The number of carbonyl (C=O) groups excluding carboxylic acids is 2. The van der Waals surface area contributed by atoms with Gasteiger partial charge in [0, 0.05) is 0 Å². The van der Waals surface area contributed by atoms with Crippen molar-refractivity contribution in [2.75, 3.05) is 0 Å². The van der Waals surface area contributed by atoms with Crippen molar-refractivity contribution in [3.8, 4) is 0 Å². The molecule has 0 radical (unpaired) electrons. The monoisotopic (exact) mass is 191 g/mol. The topological polar surface area (TPSA) is 52.6 Å². The molecule has 1 spiro atoms. The highest BCUT2D eigenvalue weighted by Gasteiger charge is 2.60. The average Bonchev–Trinajstić information content (AvgIpc) is 1.77. The van der Waals surface area contributed by atoms with Gasteiger partial charge in [0.1, 0.15) is 0 Å². The Morgan fingerprint density at radius 1 is 1.15 bits per heavy atom. The maximum absolute atomic E-state index is 12.4. The molecule has 1 heterocycles.